The van der Waals surface area contributed by atoms with E-state index in [1.54, 1.807) is 49.6 Å². The summed E-state index contributed by atoms with van der Waals surface area (Å²) in [5.41, 5.74) is 1.63. The van der Waals surface area contributed by atoms with Crippen molar-refractivity contribution in [1.82, 2.24) is 5.32 Å². The molecule has 1 amide bonds. The van der Waals surface area contributed by atoms with Gasteiger partial charge < -0.3 is 19.5 Å². The summed E-state index contributed by atoms with van der Waals surface area (Å²) < 4.78 is 38.4. The first kappa shape index (κ1) is 21.9. The largest absolute Gasteiger partial charge is 0.497 e. The number of hydrogen-bond donors (Lipinski definition) is 1. The molecule has 0 fully saturated rings. The zero-order valence-corrected chi connectivity index (χ0v) is 15.8. The van der Waals surface area contributed by atoms with E-state index in [1.807, 2.05) is 0 Å². The number of amides is 1. The Hall–Kier alpha value is -3.42. The van der Waals surface area contributed by atoms with Crippen molar-refractivity contribution < 1.29 is 32.6 Å². The van der Waals surface area contributed by atoms with Crippen LogP contribution in [0.4, 0.5) is 8.78 Å². The molecule has 8 heteroatoms. The minimum atomic E-state index is -2.87. The molecule has 0 atom stereocenters. The normalized spacial score (nSPS) is 10.8. The highest BCUT2D eigenvalue weighted by molar-refractivity contribution is 5.89. The molecule has 2 rings (SSSR count). The number of carbonyl (C=O) groups excluding carboxylic acids is 2. The highest BCUT2D eigenvalue weighted by atomic mass is 19.3. The molecule has 0 spiro atoms. The smallest absolute Gasteiger partial charge is 0.387 e. The van der Waals surface area contributed by atoms with Crippen LogP contribution in [0.1, 0.15) is 11.1 Å². The molecule has 0 unspecified atom stereocenters. The maximum atomic E-state index is 12.1. The Morgan fingerprint density at radius 2 is 1.69 bits per heavy atom. The van der Waals surface area contributed by atoms with Gasteiger partial charge in [0.2, 0.25) is 0 Å². The summed E-state index contributed by atoms with van der Waals surface area (Å²) >= 11 is 0. The van der Waals surface area contributed by atoms with E-state index >= 15 is 0 Å². The van der Waals surface area contributed by atoms with Gasteiger partial charge in [-0.25, -0.2) is 4.79 Å². The lowest BCUT2D eigenvalue weighted by molar-refractivity contribution is -0.143. The fourth-order valence-electron chi connectivity index (χ4n) is 2.30. The number of benzene rings is 2. The van der Waals surface area contributed by atoms with Crippen LogP contribution in [0.15, 0.2) is 54.6 Å². The first-order valence-corrected chi connectivity index (χ1v) is 8.75. The molecule has 154 valence electrons. The number of carbonyl (C=O) groups is 2. The van der Waals surface area contributed by atoms with Gasteiger partial charge in [0.15, 0.2) is 6.61 Å². The van der Waals surface area contributed by atoms with Crippen molar-refractivity contribution in [3.05, 3.63) is 65.7 Å². The van der Waals surface area contributed by atoms with Gasteiger partial charge in [-0.2, -0.15) is 8.78 Å². The molecule has 2 aromatic carbocycles. The van der Waals surface area contributed by atoms with E-state index in [0.717, 1.165) is 11.1 Å². The second-order valence-corrected chi connectivity index (χ2v) is 5.84. The van der Waals surface area contributed by atoms with Crippen molar-refractivity contribution in [3.8, 4) is 11.5 Å². The number of esters is 1. The first-order valence-electron chi connectivity index (χ1n) is 8.75. The third-order valence-corrected chi connectivity index (χ3v) is 3.76. The molecular weight excluding hydrogens is 384 g/mol. The van der Waals surface area contributed by atoms with Crippen molar-refractivity contribution in [2.75, 3.05) is 20.3 Å². The molecule has 0 saturated heterocycles. The highest BCUT2D eigenvalue weighted by Gasteiger charge is 2.06. The Bertz CT molecular complexity index is 820. The number of methoxy groups -OCH3 is 1. The predicted molar refractivity (Wildman–Crippen MR) is 103 cm³/mol. The van der Waals surface area contributed by atoms with Crippen LogP contribution in [0.25, 0.3) is 6.08 Å². The van der Waals surface area contributed by atoms with Gasteiger partial charge in [0.05, 0.1) is 7.11 Å². The lowest BCUT2D eigenvalue weighted by Crippen LogP contribution is -2.30. The van der Waals surface area contributed by atoms with Crippen LogP contribution in [-0.4, -0.2) is 38.7 Å². The van der Waals surface area contributed by atoms with Crippen LogP contribution in [0.3, 0.4) is 0 Å². The Morgan fingerprint density at radius 1 is 1.03 bits per heavy atom. The van der Waals surface area contributed by atoms with Crippen molar-refractivity contribution >= 4 is 18.0 Å². The summed E-state index contributed by atoms with van der Waals surface area (Å²) in [5.74, 6) is -0.291. The third kappa shape index (κ3) is 8.42. The van der Waals surface area contributed by atoms with Crippen LogP contribution in [0, 0.1) is 0 Å². The zero-order chi connectivity index (χ0) is 21.1. The molecule has 1 N–H and O–H groups in total. The quantitative estimate of drug-likeness (QED) is 0.485. The molecule has 0 aliphatic rings. The number of ether oxygens (including phenoxy) is 3. The molecule has 6 nitrogen and oxygen atoms in total. The van der Waals surface area contributed by atoms with Gasteiger partial charge in [-0.15, -0.1) is 0 Å². The summed E-state index contributed by atoms with van der Waals surface area (Å²) in [6, 6.07) is 13.2. The minimum absolute atomic E-state index is 0.0717. The summed E-state index contributed by atoms with van der Waals surface area (Å²) in [4.78, 5) is 23.4. The second-order valence-electron chi connectivity index (χ2n) is 5.84. The van der Waals surface area contributed by atoms with Crippen molar-refractivity contribution in [2.45, 2.75) is 13.0 Å². The molecule has 2 aromatic rings. The zero-order valence-electron chi connectivity index (χ0n) is 15.8. The standard InChI is InChI=1S/C21H21F2NO5/c1-27-17-7-2-15(3-8-17)6-11-20(26)28-14-19(25)24-13-12-16-4-9-18(10-5-16)29-21(22)23/h2-11,21H,12-14H2,1H3,(H,24,25)/b11-6+. The SMILES string of the molecule is COc1ccc(/C=C/C(=O)OCC(=O)NCCc2ccc(OC(F)F)cc2)cc1. The molecule has 0 radical (unpaired) electrons. The average Bonchev–Trinajstić information content (AvgIpc) is 2.72. The molecule has 0 saturated carbocycles. The van der Waals surface area contributed by atoms with Crippen LogP contribution in [0.5, 0.6) is 11.5 Å². The molecular formula is C21H21F2NO5. The molecule has 0 aromatic heterocycles. The third-order valence-electron chi connectivity index (χ3n) is 3.76. The lowest BCUT2D eigenvalue weighted by atomic mass is 10.1. The van der Waals surface area contributed by atoms with E-state index in [0.29, 0.717) is 18.7 Å². The van der Waals surface area contributed by atoms with Gasteiger partial charge in [-0.3, -0.25) is 4.79 Å². The summed E-state index contributed by atoms with van der Waals surface area (Å²) in [6.45, 7) is -2.95. The fraction of sp³-hybridized carbons (Fsp3) is 0.238. The Labute approximate surface area is 167 Å². The van der Waals surface area contributed by atoms with Crippen LogP contribution in [-0.2, 0) is 20.7 Å². The van der Waals surface area contributed by atoms with Crippen LogP contribution >= 0.6 is 0 Å². The highest BCUT2D eigenvalue weighted by Crippen LogP contribution is 2.15. The van der Waals surface area contributed by atoms with Crippen LogP contribution < -0.4 is 14.8 Å². The lowest BCUT2D eigenvalue weighted by Gasteiger charge is -2.07. The van der Waals surface area contributed by atoms with Gasteiger partial charge in [0.25, 0.3) is 5.91 Å². The van der Waals surface area contributed by atoms with Crippen LogP contribution in [0.2, 0.25) is 0 Å². The molecule has 0 bridgehead atoms. The Kier molecular flexibility index (Phi) is 8.62. The average molecular weight is 405 g/mol. The number of rotatable bonds is 10. The summed E-state index contributed by atoms with van der Waals surface area (Å²) in [6.07, 6.45) is 3.30. The second kappa shape index (κ2) is 11.4. The molecule has 0 heterocycles. The summed E-state index contributed by atoms with van der Waals surface area (Å²) in [7, 11) is 1.56. The fourth-order valence-corrected chi connectivity index (χ4v) is 2.30. The van der Waals surface area contributed by atoms with E-state index < -0.39 is 25.1 Å². The number of alkyl halides is 2. The topological polar surface area (TPSA) is 73.9 Å². The van der Waals surface area contributed by atoms with Gasteiger partial charge in [-0.05, 0) is 47.9 Å². The number of nitrogens with one attached hydrogen (secondary N) is 1. The van der Waals surface area contributed by atoms with Crippen molar-refractivity contribution in [2.24, 2.45) is 0 Å². The Morgan fingerprint density at radius 3 is 2.31 bits per heavy atom. The number of hydrogen-bond acceptors (Lipinski definition) is 5. The van der Waals surface area contributed by atoms with Gasteiger partial charge in [-0.1, -0.05) is 24.3 Å². The summed E-state index contributed by atoms with van der Waals surface area (Å²) in [5, 5.41) is 2.61. The Balaban J connectivity index is 1.65. The van der Waals surface area contributed by atoms with E-state index in [1.165, 1.54) is 18.2 Å². The van der Waals surface area contributed by atoms with Gasteiger partial charge in [0.1, 0.15) is 11.5 Å². The molecule has 0 aliphatic carbocycles. The maximum Gasteiger partial charge on any atom is 0.387 e. The van der Waals surface area contributed by atoms with E-state index in [-0.39, 0.29) is 5.75 Å². The van der Waals surface area contributed by atoms with E-state index in [4.69, 9.17) is 9.47 Å². The number of halogens is 2. The van der Waals surface area contributed by atoms with E-state index in [2.05, 4.69) is 10.1 Å². The first-order chi connectivity index (χ1) is 14.0. The van der Waals surface area contributed by atoms with Crippen molar-refractivity contribution in [1.29, 1.82) is 0 Å². The molecule has 29 heavy (non-hydrogen) atoms. The van der Waals surface area contributed by atoms with E-state index in [9.17, 15) is 18.4 Å². The predicted octanol–water partition coefficient (Wildman–Crippen LogP) is 3.21. The van der Waals surface area contributed by atoms with Gasteiger partial charge in [0, 0.05) is 12.6 Å². The minimum Gasteiger partial charge on any atom is -0.497 e. The van der Waals surface area contributed by atoms with Crippen molar-refractivity contribution in [3.63, 3.8) is 0 Å². The van der Waals surface area contributed by atoms with Gasteiger partial charge >= 0.3 is 12.6 Å². The maximum absolute atomic E-state index is 12.1. The monoisotopic (exact) mass is 405 g/mol. The molecule has 0 aliphatic heterocycles.